The molecule has 7 nitrogen and oxygen atoms in total. The van der Waals surface area contributed by atoms with Crippen LogP contribution in [0.3, 0.4) is 0 Å². The summed E-state index contributed by atoms with van der Waals surface area (Å²) in [4.78, 5) is 22.0. The van der Waals surface area contributed by atoms with Crippen LogP contribution < -0.4 is 5.32 Å². The molecule has 6 aromatic rings. The molecule has 0 bridgehead atoms. The molecule has 0 aliphatic rings. The van der Waals surface area contributed by atoms with Crippen molar-refractivity contribution < 1.29 is 0 Å². The third-order valence-electron chi connectivity index (χ3n) is 6.02. The normalized spacial score (nSPS) is 11.6. The first-order valence-corrected chi connectivity index (χ1v) is 12.0. The van der Waals surface area contributed by atoms with Crippen molar-refractivity contribution in [3.8, 4) is 11.1 Å². The Kier molecular flexibility index (Phi) is 6.62. The summed E-state index contributed by atoms with van der Waals surface area (Å²) in [6.07, 6.45) is 14.3. The molecule has 178 valence electrons. The van der Waals surface area contributed by atoms with Crippen LogP contribution in [0.2, 0.25) is 0 Å². The number of nitrogens with one attached hydrogen (secondary N) is 1. The highest BCUT2D eigenvalue weighted by Gasteiger charge is 2.17. The zero-order valence-corrected chi connectivity index (χ0v) is 20.5. The van der Waals surface area contributed by atoms with Gasteiger partial charge in [-0.3, -0.25) is 15.0 Å². The SMILES string of the molecule is CC.Cn1ccc2ccc(-c3cc(NC(c4cccnc4)c4cncnc4)cc4nccnc34)cc21. The van der Waals surface area contributed by atoms with Crippen molar-refractivity contribution in [3.05, 3.63) is 109 Å². The minimum Gasteiger partial charge on any atom is -0.374 e. The van der Waals surface area contributed by atoms with Gasteiger partial charge in [0.25, 0.3) is 0 Å². The molecule has 0 amide bonds. The fourth-order valence-corrected chi connectivity index (χ4v) is 4.34. The average molecular weight is 474 g/mol. The van der Waals surface area contributed by atoms with E-state index < -0.39 is 0 Å². The zero-order chi connectivity index (χ0) is 24.9. The van der Waals surface area contributed by atoms with Gasteiger partial charge in [-0.25, -0.2) is 9.97 Å². The fraction of sp³-hybridized carbons (Fsp3) is 0.138. The van der Waals surface area contributed by atoms with E-state index in [0.717, 1.165) is 39.0 Å². The van der Waals surface area contributed by atoms with E-state index in [1.54, 1.807) is 18.6 Å². The summed E-state index contributed by atoms with van der Waals surface area (Å²) >= 11 is 0. The van der Waals surface area contributed by atoms with Crippen LogP contribution >= 0.6 is 0 Å². The molecule has 4 aromatic heterocycles. The van der Waals surface area contributed by atoms with E-state index in [-0.39, 0.29) is 6.04 Å². The minimum atomic E-state index is -0.174. The Balaban J connectivity index is 0.00000130. The second-order valence-corrected chi connectivity index (χ2v) is 8.18. The van der Waals surface area contributed by atoms with E-state index in [4.69, 9.17) is 0 Å². The summed E-state index contributed by atoms with van der Waals surface area (Å²) in [6, 6.07) is 16.6. The number of nitrogens with zero attached hydrogens (tertiary/aromatic N) is 6. The van der Waals surface area contributed by atoms with Gasteiger partial charge in [-0.15, -0.1) is 0 Å². The monoisotopic (exact) mass is 473 g/mol. The molecule has 36 heavy (non-hydrogen) atoms. The topological polar surface area (TPSA) is 81.4 Å². The summed E-state index contributed by atoms with van der Waals surface area (Å²) < 4.78 is 2.13. The number of rotatable bonds is 5. The molecule has 1 unspecified atom stereocenters. The van der Waals surface area contributed by atoms with E-state index in [9.17, 15) is 0 Å². The lowest BCUT2D eigenvalue weighted by Crippen LogP contribution is -2.13. The highest BCUT2D eigenvalue weighted by Crippen LogP contribution is 2.34. The van der Waals surface area contributed by atoms with Crippen molar-refractivity contribution in [2.75, 3.05) is 5.32 Å². The van der Waals surface area contributed by atoms with Gasteiger partial charge in [0, 0.05) is 72.8 Å². The second-order valence-electron chi connectivity index (χ2n) is 8.18. The molecule has 7 heteroatoms. The van der Waals surface area contributed by atoms with Crippen molar-refractivity contribution in [1.29, 1.82) is 0 Å². The molecule has 2 aromatic carbocycles. The first-order chi connectivity index (χ1) is 17.8. The molecule has 0 fully saturated rings. The molecular formula is C29H27N7. The zero-order valence-electron chi connectivity index (χ0n) is 20.5. The van der Waals surface area contributed by atoms with Gasteiger partial charge in [-0.05, 0) is 46.8 Å². The Bertz CT molecular complexity index is 1560. The maximum absolute atomic E-state index is 4.66. The predicted octanol–water partition coefficient (Wildman–Crippen LogP) is 6.20. The number of hydrogen-bond donors (Lipinski definition) is 1. The molecule has 1 N–H and O–H groups in total. The van der Waals surface area contributed by atoms with Gasteiger partial charge in [-0.1, -0.05) is 32.0 Å². The van der Waals surface area contributed by atoms with Gasteiger partial charge in [0.05, 0.1) is 17.1 Å². The van der Waals surface area contributed by atoms with E-state index in [2.05, 4.69) is 78.4 Å². The first kappa shape index (κ1) is 23.1. The smallest absolute Gasteiger partial charge is 0.115 e. The molecule has 1 atom stereocenters. The van der Waals surface area contributed by atoms with Crippen LogP contribution in [0.25, 0.3) is 33.1 Å². The van der Waals surface area contributed by atoms with Gasteiger partial charge in [-0.2, -0.15) is 0 Å². The number of pyridine rings is 1. The Labute approximate surface area is 209 Å². The van der Waals surface area contributed by atoms with Crippen LogP contribution in [0.1, 0.15) is 31.0 Å². The maximum atomic E-state index is 4.66. The van der Waals surface area contributed by atoms with Crippen LogP contribution in [0, 0.1) is 0 Å². The Morgan fingerprint density at radius 1 is 0.806 bits per heavy atom. The lowest BCUT2D eigenvalue weighted by Gasteiger charge is -2.21. The van der Waals surface area contributed by atoms with Crippen molar-refractivity contribution in [3.63, 3.8) is 0 Å². The van der Waals surface area contributed by atoms with Gasteiger partial charge in [0.15, 0.2) is 0 Å². The van der Waals surface area contributed by atoms with Gasteiger partial charge < -0.3 is 9.88 Å². The van der Waals surface area contributed by atoms with E-state index in [1.807, 2.05) is 50.6 Å². The number of aromatic nitrogens is 6. The van der Waals surface area contributed by atoms with E-state index in [1.165, 1.54) is 17.2 Å². The van der Waals surface area contributed by atoms with E-state index in [0.29, 0.717) is 0 Å². The number of hydrogen-bond acceptors (Lipinski definition) is 6. The van der Waals surface area contributed by atoms with Crippen LogP contribution in [-0.4, -0.2) is 29.5 Å². The number of aryl methyl sites for hydroxylation is 1. The third-order valence-corrected chi connectivity index (χ3v) is 6.02. The van der Waals surface area contributed by atoms with Crippen molar-refractivity contribution in [1.82, 2.24) is 29.5 Å². The highest BCUT2D eigenvalue weighted by atomic mass is 14.9. The lowest BCUT2D eigenvalue weighted by molar-refractivity contribution is 0.901. The van der Waals surface area contributed by atoms with E-state index >= 15 is 0 Å². The van der Waals surface area contributed by atoms with Crippen LogP contribution in [0.4, 0.5) is 5.69 Å². The summed E-state index contributed by atoms with van der Waals surface area (Å²) in [6.45, 7) is 4.00. The Morgan fingerprint density at radius 3 is 2.42 bits per heavy atom. The van der Waals surface area contributed by atoms with Crippen LogP contribution in [0.5, 0.6) is 0 Å². The molecule has 4 heterocycles. The summed E-state index contributed by atoms with van der Waals surface area (Å²) in [5.74, 6) is 0. The van der Waals surface area contributed by atoms with Crippen LogP contribution in [-0.2, 0) is 7.05 Å². The quantitative estimate of drug-likeness (QED) is 0.321. The summed E-state index contributed by atoms with van der Waals surface area (Å²) in [5.41, 5.74) is 7.85. The Hall–Kier alpha value is -4.65. The minimum absolute atomic E-state index is 0.174. The molecule has 0 saturated heterocycles. The summed E-state index contributed by atoms with van der Waals surface area (Å²) in [7, 11) is 2.06. The molecule has 6 rings (SSSR count). The third kappa shape index (κ3) is 4.51. The van der Waals surface area contributed by atoms with Crippen molar-refractivity contribution in [2.45, 2.75) is 19.9 Å². The number of anilines is 1. The largest absolute Gasteiger partial charge is 0.374 e. The maximum Gasteiger partial charge on any atom is 0.115 e. The van der Waals surface area contributed by atoms with Crippen LogP contribution in [0.15, 0.2) is 98.2 Å². The van der Waals surface area contributed by atoms with Gasteiger partial charge in [0.2, 0.25) is 0 Å². The molecular weight excluding hydrogens is 446 g/mol. The number of fused-ring (bicyclic) bond motifs is 2. The van der Waals surface area contributed by atoms with Gasteiger partial charge in [0.1, 0.15) is 6.33 Å². The highest BCUT2D eigenvalue weighted by molar-refractivity contribution is 5.97. The lowest BCUT2D eigenvalue weighted by atomic mass is 9.99. The molecule has 0 radical (unpaired) electrons. The molecule has 0 aliphatic heterocycles. The predicted molar refractivity (Wildman–Crippen MR) is 145 cm³/mol. The van der Waals surface area contributed by atoms with Crippen molar-refractivity contribution >= 4 is 27.6 Å². The molecule has 0 saturated carbocycles. The van der Waals surface area contributed by atoms with Gasteiger partial charge >= 0.3 is 0 Å². The summed E-state index contributed by atoms with van der Waals surface area (Å²) in [5, 5.41) is 4.87. The average Bonchev–Trinajstić information content (AvgIpc) is 3.33. The molecule has 0 spiro atoms. The fourth-order valence-electron chi connectivity index (χ4n) is 4.34. The molecule has 0 aliphatic carbocycles. The number of benzene rings is 2. The first-order valence-electron chi connectivity index (χ1n) is 12.0. The Morgan fingerprint density at radius 2 is 1.61 bits per heavy atom. The standard InChI is InChI=1S/C27H21N7.C2H6/c1-34-10-6-18-4-5-19(11-25(18)34)23-12-22(13-24-27(23)32-9-8-31-24)33-26(20-3-2-7-28-14-20)21-15-29-17-30-16-21;1-2/h2-17,26,33H,1H3;1-2H3. The second kappa shape index (κ2) is 10.3. The van der Waals surface area contributed by atoms with Crippen molar-refractivity contribution in [2.24, 2.45) is 7.05 Å².